The molecule has 108 valence electrons. The molecule has 3 rings (SSSR count). The van der Waals surface area contributed by atoms with Gasteiger partial charge in [-0.3, -0.25) is 4.79 Å². The Balaban J connectivity index is 1.73. The first-order valence-electron chi connectivity index (χ1n) is 6.87. The van der Waals surface area contributed by atoms with E-state index in [1.54, 1.807) is 12.1 Å². The minimum atomic E-state index is -0.275. The van der Waals surface area contributed by atoms with Crippen molar-refractivity contribution in [3.05, 3.63) is 53.2 Å². The number of carbonyl (C=O) groups excluding carboxylic acids is 1. The lowest BCUT2D eigenvalue weighted by molar-refractivity contribution is 0.0903. The minimum absolute atomic E-state index is 0.208. The van der Waals surface area contributed by atoms with Gasteiger partial charge in [-0.05, 0) is 37.0 Å². The van der Waals surface area contributed by atoms with Crippen molar-refractivity contribution in [3.63, 3.8) is 0 Å². The van der Waals surface area contributed by atoms with Gasteiger partial charge >= 0.3 is 0 Å². The molecule has 0 saturated carbocycles. The molecule has 0 fully saturated rings. The third kappa shape index (κ3) is 2.72. The number of nitrogens with zero attached hydrogens (tertiary/aromatic N) is 2. The third-order valence-electron chi connectivity index (χ3n) is 3.78. The number of rotatable bonds is 3. The van der Waals surface area contributed by atoms with Gasteiger partial charge in [-0.1, -0.05) is 24.3 Å². The van der Waals surface area contributed by atoms with Crippen molar-refractivity contribution in [2.45, 2.75) is 25.3 Å². The Morgan fingerprint density at radius 3 is 2.33 bits per heavy atom. The molecular weight excluding hydrogens is 266 g/mol. The largest absolute Gasteiger partial charge is 0.480 e. The highest BCUT2D eigenvalue weighted by Gasteiger charge is 2.34. The first kappa shape index (κ1) is 13.5. The smallest absolute Gasteiger partial charge is 0.272 e. The zero-order valence-corrected chi connectivity index (χ0v) is 12.1. The van der Waals surface area contributed by atoms with Crippen molar-refractivity contribution in [2.24, 2.45) is 0 Å². The van der Waals surface area contributed by atoms with Crippen molar-refractivity contribution in [1.82, 2.24) is 15.5 Å². The zero-order valence-electron chi connectivity index (χ0n) is 12.1. The second-order valence-corrected chi connectivity index (χ2v) is 5.60. The first-order chi connectivity index (χ1) is 10.1. The molecule has 1 heterocycles. The Labute approximate surface area is 123 Å². The summed E-state index contributed by atoms with van der Waals surface area (Å²) in [6.45, 7) is 2.06. The van der Waals surface area contributed by atoms with Crippen LogP contribution in [0.5, 0.6) is 5.88 Å². The standard InChI is InChI=1S/C16H17N3O2/c1-16(9-11-5-3-4-6-12(11)10-16)17-15(20)13-7-8-14(21-2)19-18-13/h3-8H,9-10H2,1-2H3,(H,17,20). The van der Waals surface area contributed by atoms with E-state index in [2.05, 4.69) is 34.6 Å². The number of benzene rings is 1. The number of hydrogen-bond donors (Lipinski definition) is 1. The summed E-state index contributed by atoms with van der Waals surface area (Å²) in [5.74, 6) is 0.187. The Morgan fingerprint density at radius 2 is 1.81 bits per heavy atom. The fourth-order valence-electron chi connectivity index (χ4n) is 2.78. The van der Waals surface area contributed by atoms with Crippen molar-refractivity contribution < 1.29 is 9.53 Å². The average Bonchev–Trinajstić information content (AvgIpc) is 2.82. The molecule has 1 N–H and O–H groups in total. The number of methoxy groups -OCH3 is 1. The van der Waals surface area contributed by atoms with Crippen LogP contribution in [0.4, 0.5) is 0 Å². The van der Waals surface area contributed by atoms with E-state index < -0.39 is 0 Å². The number of aromatic nitrogens is 2. The van der Waals surface area contributed by atoms with E-state index >= 15 is 0 Å². The third-order valence-corrected chi connectivity index (χ3v) is 3.78. The summed E-state index contributed by atoms with van der Waals surface area (Å²) in [6, 6.07) is 11.5. The Morgan fingerprint density at radius 1 is 1.14 bits per heavy atom. The van der Waals surface area contributed by atoms with Gasteiger partial charge in [-0.15, -0.1) is 10.2 Å². The van der Waals surface area contributed by atoms with Gasteiger partial charge in [0.1, 0.15) is 0 Å². The van der Waals surface area contributed by atoms with E-state index in [1.807, 2.05) is 12.1 Å². The number of carbonyl (C=O) groups is 1. The summed E-state index contributed by atoms with van der Waals surface area (Å²) in [5.41, 5.74) is 2.61. The van der Waals surface area contributed by atoms with Crippen molar-refractivity contribution in [1.29, 1.82) is 0 Å². The van der Waals surface area contributed by atoms with Gasteiger partial charge in [0, 0.05) is 11.6 Å². The lowest BCUT2D eigenvalue weighted by Gasteiger charge is -2.25. The highest BCUT2D eigenvalue weighted by Crippen LogP contribution is 2.29. The summed E-state index contributed by atoms with van der Waals surface area (Å²) in [7, 11) is 1.51. The number of hydrogen-bond acceptors (Lipinski definition) is 4. The van der Waals surface area contributed by atoms with Gasteiger partial charge in [0.05, 0.1) is 7.11 Å². The SMILES string of the molecule is COc1ccc(C(=O)NC2(C)Cc3ccccc3C2)nn1. The van der Waals surface area contributed by atoms with Gasteiger partial charge in [0.2, 0.25) is 5.88 Å². The quantitative estimate of drug-likeness (QED) is 0.932. The van der Waals surface area contributed by atoms with Gasteiger partial charge < -0.3 is 10.1 Å². The highest BCUT2D eigenvalue weighted by molar-refractivity contribution is 5.92. The number of ether oxygens (including phenoxy) is 1. The topological polar surface area (TPSA) is 64.1 Å². The molecule has 5 heteroatoms. The average molecular weight is 283 g/mol. The second kappa shape index (κ2) is 5.16. The van der Waals surface area contributed by atoms with E-state index in [-0.39, 0.29) is 11.4 Å². The summed E-state index contributed by atoms with van der Waals surface area (Å²) >= 11 is 0. The minimum Gasteiger partial charge on any atom is -0.480 e. The Bertz CT molecular complexity index is 642. The van der Waals surface area contributed by atoms with Crippen molar-refractivity contribution in [3.8, 4) is 5.88 Å². The molecule has 0 atom stereocenters. The molecule has 0 spiro atoms. The molecule has 0 unspecified atom stereocenters. The van der Waals surface area contributed by atoms with Crippen LogP contribution in [-0.4, -0.2) is 28.8 Å². The molecule has 0 aliphatic heterocycles. The zero-order chi connectivity index (χ0) is 14.9. The number of fused-ring (bicyclic) bond motifs is 1. The molecule has 0 bridgehead atoms. The predicted octanol–water partition coefficient (Wildman–Crippen LogP) is 1.77. The number of amides is 1. The van der Waals surface area contributed by atoms with Crippen molar-refractivity contribution >= 4 is 5.91 Å². The molecule has 1 aliphatic rings. The van der Waals surface area contributed by atoms with E-state index in [9.17, 15) is 4.79 Å². The van der Waals surface area contributed by atoms with Crippen LogP contribution in [0.3, 0.4) is 0 Å². The molecule has 0 radical (unpaired) electrons. The molecule has 1 amide bonds. The van der Waals surface area contributed by atoms with Crippen LogP contribution < -0.4 is 10.1 Å². The lowest BCUT2D eigenvalue weighted by atomic mass is 9.98. The Kier molecular flexibility index (Phi) is 3.33. The maximum atomic E-state index is 12.3. The molecule has 1 aromatic heterocycles. The van der Waals surface area contributed by atoms with Gasteiger partial charge in [0.15, 0.2) is 5.69 Å². The van der Waals surface area contributed by atoms with Crippen LogP contribution >= 0.6 is 0 Å². The lowest BCUT2D eigenvalue weighted by Crippen LogP contribution is -2.47. The van der Waals surface area contributed by atoms with E-state index in [4.69, 9.17) is 4.74 Å². The summed E-state index contributed by atoms with van der Waals surface area (Å²) < 4.78 is 4.94. The monoisotopic (exact) mass is 283 g/mol. The Hall–Kier alpha value is -2.43. The maximum Gasteiger partial charge on any atom is 0.272 e. The molecule has 21 heavy (non-hydrogen) atoms. The van der Waals surface area contributed by atoms with Crippen LogP contribution in [0.1, 0.15) is 28.5 Å². The second-order valence-electron chi connectivity index (χ2n) is 5.60. The summed E-state index contributed by atoms with van der Waals surface area (Å²) in [5, 5.41) is 10.8. The molecule has 2 aromatic rings. The van der Waals surface area contributed by atoms with E-state index in [1.165, 1.54) is 18.2 Å². The van der Waals surface area contributed by atoms with Crippen LogP contribution in [0.2, 0.25) is 0 Å². The fraction of sp³-hybridized carbons (Fsp3) is 0.312. The van der Waals surface area contributed by atoms with E-state index in [0.717, 1.165) is 12.8 Å². The number of nitrogens with one attached hydrogen (secondary N) is 1. The molecule has 0 saturated heterocycles. The van der Waals surface area contributed by atoms with Gasteiger partial charge in [0.25, 0.3) is 5.91 Å². The fourth-order valence-corrected chi connectivity index (χ4v) is 2.78. The van der Waals surface area contributed by atoms with Gasteiger partial charge in [-0.2, -0.15) is 0 Å². The predicted molar refractivity (Wildman–Crippen MR) is 78.3 cm³/mol. The van der Waals surface area contributed by atoms with Crippen LogP contribution in [0, 0.1) is 0 Å². The molecular formula is C16H17N3O2. The van der Waals surface area contributed by atoms with Crippen LogP contribution in [0.15, 0.2) is 36.4 Å². The molecule has 5 nitrogen and oxygen atoms in total. The maximum absolute atomic E-state index is 12.3. The highest BCUT2D eigenvalue weighted by atomic mass is 16.5. The van der Waals surface area contributed by atoms with E-state index in [0.29, 0.717) is 11.6 Å². The molecule has 1 aliphatic carbocycles. The normalized spacial score (nSPS) is 15.3. The first-order valence-corrected chi connectivity index (χ1v) is 6.87. The van der Waals surface area contributed by atoms with Gasteiger partial charge in [-0.25, -0.2) is 0 Å². The van der Waals surface area contributed by atoms with Crippen LogP contribution in [0.25, 0.3) is 0 Å². The summed E-state index contributed by atoms with van der Waals surface area (Å²) in [6.07, 6.45) is 1.66. The van der Waals surface area contributed by atoms with Crippen LogP contribution in [-0.2, 0) is 12.8 Å². The molecule has 1 aromatic carbocycles. The summed E-state index contributed by atoms with van der Waals surface area (Å²) in [4.78, 5) is 12.3. The van der Waals surface area contributed by atoms with Crippen molar-refractivity contribution in [2.75, 3.05) is 7.11 Å².